The lowest BCUT2D eigenvalue weighted by molar-refractivity contribution is -0.0762. The molecule has 1 saturated heterocycles. The van der Waals surface area contributed by atoms with E-state index in [1.54, 1.807) is 0 Å². The highest BCUT2D eigenvalue weighted by atomic mass is 16.5. The molecule has 1 atom stereocenters. The van der Waals surface area contributed by atoms with Gasteiger partial charge in [-0.1, -0.05) is 12.1 Å². The average molecular weight is 299 g/mol. The Bertz CT molecular complexity index is 641. The van der Waals surface area contributed by atoms with E-state index in [1.807, 2.05) is 30.5 Å². The van der Waals surface area contributed by atoms with Gasteiger partial charge in [-0.15, -0.1) is 0 Å². The first-order valence-corrected chi connectivity index (χ1v) is 8.05. The van der Waals surface area contributed by atoms with Crippen molar-refractivity contribution in [3.63, 3.8) is 0 Å². The van der Waals surface area contributed by atoms with E-state index < -0.39 is 0 Å². The molecule has 0 saturated carbocycles. The Hall–Kier alpha value is -1.52. The molecule has 1 aliphatic heterocycles. The van der Waals surface area contributed by atoms with Crippen LogP contribution in [0.1, 0.15) is 32.4 Å². The van der Waals surface area contributed by atoms with Gasteiger partial charge in [0.05, 0.1) is 28.5 Å². The van der Waals surface area contributed by atoms with Crippen LogP contribution in [-0.4, -0.2) is 40.7 Å². The largest absolute Gasteiger partial charge is 0.376 e. The van der Waals surface area contributed by atoms with Crippen molar-refractivity contribution in [1.82, 2.24) is 14.9 Å². The molecule has 1 aromatic carbocycles. The molecule has 1 aliphatic rings. The summed E-state index contributed by atoms with van der Waals surface area (Å²) in [6.45, 7) is 7.18. The van der Waals surface area contributed by atoms with Crippen molar-refractivity contribution >= 4 is 11.0 Å². The molecule has 118 valence electrons. The summed E-state index contributed by atoms with van der Waals surface area (Å²) >= 11 is 0. The van der Waals surface area contributed by atoms with Gasteiger partial charge in [0, 0.05) is 19.7 Å². The maximum atomic E-state index is 5.80. The summed E-state index contributed by atoms with van der Waals surface area (Å²) in [5.41, 5.74) is 2.99. The lowest BCUT2D eigenvalue weighted by Crippen LogP contribution is -2.38. The van der Waals surface area contributed by atoms with Crippen LogP contribution in [0.3, 0.4) is 0 Å². The Labute approximate surface area is 132 Å². The summed E-state index contributed by atoms with van der Waals surface area (Å²) < 4.78 is 5.80. The molecule has 0 amide bonds. The fourth-order valence-corrected chi connectivity index (χ4v) is 3.37. The number of rotatable bonds is 4. The standard InChI is InChI=1S/C18H25N3O/c1-18(2)10-14(8-9-22-18)12-21(3)13-15-11-19-16-6-4-5-7-17(16)20-15/h4-7,11,14H,8-10,12-13H2,1-3H3/t14-/m0/s1. The van der Waals surface area contributed by atoms with E-state index in [0.717, 1.165) is 49.3 Å². The van der Waals surface area contributed by atoms with Gasteiger partial charge in [-0.05, 0) is 51.8 Å². The van der Waals surface area contributed by atoms with E-state index in [0.29, 0.717) is 5.92 Å². The minimum Gasteiger partial charge on any atom is -0.376 e. The maximum absolute atomic E-state index is 5.80. The highest BCUT2D eigenvalue weighted by molar-refractivity contribution is 5.73. The van der Waals surface area contributed by atoms with E-state index in [2.05, 4.69) is 30.8 Å². The molecule has 2 aromatic rings. The summed E-state index contributed by atoms with van der Waals surface area (Å²) in [6, 6.07) is 8.02. The minimum atomic E-state index is 0.0203. The Morgan fingerprint density at radius 1 is 1.27 bits per heavy atom. The molecule has 4 nitrogen and oxygen atoms in total. The van der Waals surface area contributed by atoms with Gasteiger partial charge >= 0.3 is 0 Å². The van der Waals surface area contributed by atoms with Gasteiger partial charge < -0.3 is 9.64 Å². The summed E-state index contributed by atoms with van der Waals surface area (Å²) in [5, 5.41) is 0. The third kappa shape index (κ3) is 3.81. The molecular formula is C18H25N3O. The summed E-state index contributed by atoms with van der Waals surface area (Å²) in [6.07, 6.45) is 4.17. The van der Waals surface area contributed by atoms with Crippen LogP contribution in [0.15, 0.2) is 30.5 Å². The number of hydrogen-bond acceptors (Lipinski definition) is 4. The molecular weight excluding hydrogens is 274 g/mol. The van der Waals surface area contributed by atoms with Crippen LogP contribution in [0, 0.1) is 5.92 Å². The predicted molar refractivity (Wildman–Crippen MR) is 88.6 cm³/mol. The third-order valence-electron chi connectivity index (χ3n) is 4.30. The summed E-state index contributed by atoms with van der Waals surface area (Å²) in [7, 11) is 2.17. The second-order valence-electron chi connectivity index (χ2n) is 7.01. The molecule has 4 heteroatoms. The van der Waals surface area contributed by atoms with Crippen molar-refractivity contribution < 1.29 is 4.74 Å². The van der Waals surface area contributed by atoms with Crippen LogP contribution in [0.5, 0.6) is 0 Å². The third-order valence-corrected chi connectivity index (χ3v) is 4.30. The van der Waals surface area contributed by atoms with E-state index in [9.17, 15) is 0 Å². The lowest BCUT2D eigenvalue weighted by Gasteiger charge is -2.37. The predicted octanol–water partition coefficient (Wildman–Crippen LogP) is 3.27. The minimum absolute atomic E-state index is 0.0203. The van der Waals surface area contributed by atoms with E-state index >= 15 is 0 Å². The van der Waals surface area contributed by atoms with E-state index in [4.69, 9.17) is 9.72 Å². The van der Waals surface area contributed by atoms with Gasteiger partial charge in [0.15, 0.2) is 0 Å². The van der Waals surface area contributed by atoms with Crippen LogP contribution in [0.4, 0.5) is 0 Å². The Morgan fingerprint density at radius 3 is 2.82 bits per heavy atom. The molecule has 0 radical (unpaired) electrons. The van der Waals surface area contributed by atoms with Gasteiger partial charge in [0.2, 0.25) is 0 Å². The van der Waals surface area contributed by atoms with Crippen LogP contribution in [0.25, 0.3) is 11.0 Å². The first-order valence-electron chi connectivity index (χ1n) is 8.05. The molecule has 2 heterocycles. The van der Waals surface area contributed by atoms with Gasteiger partial charge in [0.1, 0.15) is 0 Å². The van der Waals surface area contributed by atoms with Crippen molar-refractivity contribution in [1.29, 1.82) is 0 Å². The summed E-state index contributed by atoms with van der Waals surface area (Å²) in [5.74, 6) is 0.696. The maximum Gasteiger partial charge on any atom is 0.0890 e. The van der Waals surface area contributed by atoms with Crippen LogP contribution in [-0.2, 0) is 11.3 Å². The molecule has 22 heavy (non-hydrogen) atoms. The van der Waals surface area contributed by atoms with Gasteiger partial charge in [-0.2, -0.15) is 0 Å². The smallest absolute Gasteiger partial charge is 0.0890 e. The molecule has 0 unspecified atom stereocenters. The fourth-order valence-electron chi connectivity index (χ4n) is 3.37. The highest BCUT2D eigenvalue weighted by Crippen LogP contribution is 2.29. The van der Waals surface area contributed by atoms with Crippen LogP contribution in [0.2, 0.25) is 0 Å². The van der Waals surface area contributed by atoms with Gasteiger partial charge in [-0.25, -0.2) is 4.98 Å². The lowest BCUT2D eigenvalue weighted by atomic mass is 9.88. The Morgan fingerprint density at radius 2 is 2.05 bits per heavy atom. The summed E-state index contributed by atoms with van der Waals surface area (Å²) in [4.78, 5) is 11.6. The normalized spacial score (nSPS) is 21.4. The number of ether oxygens (including phenoxy) is 1. The zero-order valence-corrected chi connectivity index (χ0v) is 13.7. The highest BCUT2D eigenvalue weighted by Gasteiger charge is 2.29. The van der Waals surface area contributed by atoms with Crippen molar-refractivity contribution in [2.24, 2.45) is 5.92 Å². The zero-order chi connectivity index (χ0) is 15.6. The topological polar surface area (TPSA) is 38.2 Å². The second-order valence-corrected chi connectivity index (χ2v) is 7.01. The molecule has 3 rings (SSSR count). The molecule has 1 aromatic heterocycles. The average Bonchev–Trinajstić information content (AvgIpc) is 2.46. The van der Waals surface area contributed by atoms with Crippen molar-refractivity contribution in [3.8, 4) is 0 Å². The van der Waals surface area contributed by atoms with Crippen LogP contribution < -0.4 is 0 Å². The Kier molecular flexibility index (Phi) is 4.41. The number of nitrogens with zero attached hydrogens (tertiary/aromatic N) is 3. The fraction of sp³-hybridized carbons (Fsp3) is 0.556. The number of para-hydroxylation sites is 2. The molecule has 0 aliphatic carbocycles. The second kappa shape index (κ2) is 6.31. The first-order chi connectivity index (χ1) is 10.5. The monoisotopic (exact) mass is 299 g/mol. The van der Waals surface area contributed by atoms with Crippen molar-refractivity contribution in [2.45, 2.75) is 38.8 Å². The van der Waals surface area contributed by atoms with E-state index in [1.165, 1.54) is 0 Å². The molecule has 1 fully saturated rings. The van der Waals surface area contributed by atoms with Crippen LogP contribution >= 0.6 is 0 Å². The van der Waals surface area contributed by atoms with E-state index in [-0.39, 0.29) is 5.60 Å². The SMILES string of the molecule is CN(Cc1cnc2ccccc2n1)C[C@H]1CCOC(C)(C)C1. The van der Waals surface area contributed by atoms with Crippen molar-refractivity contribution in [3.05, 3.63) is 36.2 Å². The zero-order valence-electron chi connectivity index (χ0n) is 13.7. The van der Waals surface area contributed by atoms with Crippen molar-refractivity contribution in [2.75, 3.05) is 20.2 Å². The number of hydrogen-bond donors (Lipinski definition) is 0. The molecule has 0 N–H and O–H groups in total. The first kappa shape index (κ1) is 15.4. The molecule has 0 bridgehead atoms. The molecule has 0 spiro atoms. The van der Waals surface area contributed by atoms with Gasteiger partial charge in [-0.3, -0.25) is 4.98 Å². The Balaban J connectivity index is 1.61. The number of aromatic nitrogens is 2. The quantitative estimate of drug-likeness (QED) is 0.868. The number of fused-ring (bicyclic) bond motifs is 1. The number of benzene rings is 1. The van der Waals surface area contributed by atoms with Gasteiger partial charge in [0.25, 0.3) is 0 Å².